The Morgan fingerprint density at radius 1 is 1.24 bits per heavy atom. The van der Waals surface area contributed by atoms with Gasteiger partial charge in [0.15, 0.2) is 0 Å². The van der Waals surface area contributed by atoms with E-state index in [0.717, 1.165) is 14.5 Å². The van der Waals surface area contributed by atoms with Crippen molar-refractivity contribution in [2.45, 2.75) is 0 Å². The Bertz CT molecular complexity index is 561. The lowest BCUT2D eigenvalue weighted by molar-refractivity contribution is 0.0566. The number of benzene rings is 1. The van der Waals surface area contributed by atoms with Crippen LogP contribution in [0.25, 0.3) is 11.3 Å². The molecule has 0 aliphatic carbocycles. The van der Waals surface area contributed by atoms with Gasteiger partial charge in [-0.25, -0.2) is 4.79 Å². The smallest absolute Gasteiger partial charge is 0.373 e. The molecule has 3 nitrogen and oxygen atoms in total. The zero-order valence-electron chi connectivity index (χ0n) is 8.87. The van der Waals surface area contributed by atoms with E-state index in [1.807, 2.05) is 18.2 Å². The molecular weight excluding hydrogens is 352 g/mol. The maximum atomic E-state index is 11.3. The second-order valence-electron chi connectivity index (χ2n) is 3.28. The molecular formula is C12H8Br2O3. The summed E-state index contributed by atoms with van der Waals surface area (Å²) in [7, 11) is 1.32. The monoisotopic (exact) mass is 358 g/mol. The minimum absolute atomic E-state index is 0.192. The molecule has 88 valence electrons. The van der Waals surface area contributed by atoms with E-state index in [0.29, 0.717) is 5.76 Å². The number of hydrogen-bond acceptors (Lipinski definition) is 3. The highest BCUT2D eigenvalue weighted by atomic mass is 79.9. The van der Waals surface area contributed by atoms with E-state index in [-0.39, 0.29) is 5.76 Å². The molecule has 0 spiro atoms. The lowest BCUT2D eigenvalue weighted by Gasteiger charge is -2.01. The normalized spacial score (nSPS) is 10.3. The fraction of sp³-hybridized carbons (Fsp3) is 0.0833. The van der Waals surface area contributed by atoms with Crippen LogP contribution in [0.15, 0.2) is 43.7 Å². The first-order chi connectivity index (χ1) is 8.11. The molecule has 1 aromatic carbocycles. The zero-order chi connectivity index (χ0) is 12.4. The molecule has 2 aromatic rings. The number of hydrogen-bond donors (Lipinski definition) is 0. The van der Waals surface area contributed by atoms with Crippen LogP contribution in [0, 0.1) is 0 Å². The quantitative estimate of drug-likeness (QED) is 0.752. The van der Waals surface area contributed by atoms with Gasteiger partial charge >= 0.3 is 5.97 Å². The van der Waals surface area contributed by atoms with E-state index in [9.17, 15) is 4.79 Å². The van der Waals surface area contributed by atoms with Crippen molar-refractivity contribution in [2.75, 3.05) is 7.11 Å². The van der Waals surface area contributed by atoms with Gasteiger partial charge in [-0.1, -0.05) is 15.9 Å². The molecule has 0 radical (unpaired) electrons. The molecule has 0 fully saturated rings. The van der Waals surface area contributed by atoms with Crippen LogP contribution in [0.5, 0.6) is 0 Å². The summed E-state index contributed by atoms with van der Waals surface area (Å²) in [5.41, 5.74) is 0.878. The molecule has 0 atom stereocenters. The maximum absolute atomic E-state index is 11.3. The van der Waals surface area contributed by atoms with Crippen molar-refractivity contribution in [3.8, 4) is 11.3 Å². The molecule has 1 aromatic heterocycles. The molecule has 0 aliphatic heterocycles. The van der Waals surface area contributed by atoms with Crippen LogP contribution in [0.2, 0.25) is 0 Å². The summed E-state index contributed by atoms with van der Waals surface area (Å²) in [6.45, 7) is 0. The van der Waals surface area contributed by atoms with Crippen molar-refractivity contribution < 1.29 is 13.9 Å². The summed E-state index contributed by atoms with van der Waals surface area (Å²) in [6, 6.07) is 9.04. The number of furan rings is 1. The Kier molecular flexibility index (Phi) is 3.69. The molecule has 0 aliphatic rings. The minimum atomic E-state index is -0.482. The molecule has 0 amide bonds. The lowest BCUT2D eigenvalue weighted by Crippen LogP contribution is -1.98. The molecule has 5 heteroatoms. The van der Waals surface area contributed by atoms with Gasteiger partial charge in [0.25, 0.3) is 0 Å². The largest absolute Gasteiger partial charge is 0.463 e. The number of esters is 1. The first-order valence-corrected chi connectivity index (χ1v) is 6.34. The third-order valence-corrected chi connectivity index (χ3v) is 3.34. The average molecular weight is 360 g/mol. The van der Waals surface area contributed by atoms with E-state index < -0.39 is 5.97 Å². The van der Waals surface area contributed by atoms with E-state index in [1.54, 1.807) is 12.1 Å². The van der Waals surface area contributed by atoms with Gasteiger partial charge in [-0.2, -0.15) is 0 Å². The van der Waals surface area contributed by atoms with Crippen LogP contribution < -0.4 is 0 Å². The summed E-state index contributed by atoms with van der Waals surface area (Å²) >= 11 is 6.81. The van der Waals surface area contributed by atoms with Gasteiger partial charge in [0.05, 0.1) is 7.11 Å². The number of methoxy groups -OCH3 is 1. The first-order valence-electron chi connectivity index (χ1n) is 4.75. The number of rotatable bonds is 2. The number of halogens is 2. The van der Waals surface area contributed by atoms with Crippen LogP contribution in [-0.2, 0) is 4.74 Å². The molecule has 2 rings (SSSR count). The van der Waals surface area contributed by atoms with Crippen molar-refractivity contribution in [3.63, 3.8) is 0 Å². The number of carbonyl (C=O) groups is 1. The molecule has 0 N–H and O–H groups in total. The first kappa shape index (κ1) is 12.4. The second-order valence-corrected chi connectivity index (χ2v) is 5.05. The van der Waals surface area contributed by atoms with Gasteiger partial charge in [0.2, 0.25) is 5.76 Å². The number of carbonyl (C=O) groups excluding carboxylic acids is 1. The summed E-state index contributed by atoms with van der Waals surface area (Å²) in [5.74, 6) is 0.326. The van der Waals surface area contributed by atoms with Crippen LogP contribution in [0.1, 0.15) is 10.6 Å². The van der Waals surface area contributed by atoms with Crippen LogP contribution in [-0.4, -0.2) is 13.1 Å². The fourth-order valence-corrected chi connectivity index (χ4v) is 2.62. The summed E-state index contributed by atoms with van der Waals surface area (Å²) in [4.78, 5) is 11.3. The molecule has 0 saturated carbocycles. The van der Waals surface area contributed by atoms with E-state index in [1.165, 1.54) is 7.11 Å². The Morgan fingerprint density at radius 3 is 2.65 bits per heavy atom. The van der Waals surface area contributed by atoms with Gasteiger partial charge in [0, 0.05) is 14.5 Å². The summed E-state index contributed by atoms with van der Waals surface area (Å²) in [5, 5.41) is 0. The van der Waals surface area contributed by atoms with Crippen molar-refractivity contribution in [1.29, 1.82) is 0 Å². The van der Waals surface area contributed by atoms with E-state index in [2.05, 4.69) is 36.6 Å². The van der Waals surface area contributed by atoms with Gasteiger partial charge in [-0.15, -0.1) is 0 Å². The fourth-order valence-electron chi connectivity index (χ4n) is 1.38. The molecule has 17 heavy (non-hydrogen) atoms. The Morgan fingerprint density at radius 2 is 2.00 bits per heavy atom. The number of ether oxygens (including phenoxy) is 1. The minimum Gasteiger partial charge on any atom is -0.463 e. The van der Waals surface area contributed by atoms with Gasteiger partial charge in [-0.05, 0) is 46.3 Å². The molecule has 0 saturated heterocycles. The third kappa shape index (κ3) is 2.61. The maximum Gasteiger partial charge on any atom is 0.373 e. The zero-order valence-corrected chi connectivity index (χ0v) is 12.0. The predicted octanol–water partition coefficient (Wildman–Crippen LogP) is 4.26. The van der Waals surface area contributed by atoms with Gasteiger partial charge in [-0.3, -0.25) is 0 Å². The second kappa shape index (κ2) is 5.06. The van der Waals surface area contributed by atoms with E-state index in [4.69, 9.17) is 4.42 Å². The van der Waals surface area contributed by atoms with Crippen LogP contribution >= 0.6 is 31.9 Å². The average Bonchev–Trinajstić information content (AvgIpc) is 2.77. The van der Waals surface area contributed by atoms with Gasteiger partial charge in [0.1, 0.15) is 5.76 Å². The molecule has 1 heterocycles. The van der Waals surface area contributed by atoms with Crippen molar-refractivity contribution in [2.24, 2.45) is 0 Å². The van der Waals surface area contributed by atoms with Crippen LogP contribution in [0.4, 0.5) is 0 Å². The van der Waals surface area contributed by atoms with Crippen molar-refractivity contribution in [1.82, 2.24) is 0 Å². The predicted molar refractivity (Wildman–Crippen MR) is 70.9 cm³/mol. The SMILES string of the molecule is COC(=O)c1ccc(-c2ccc(Br)cc2Br)o1. The van der Waals surface area contributed by atoms with Crippen molar-refractivity contribution in [3.05, 3.63) is 45.0 Å². The molecule has 0 unspecified atom stereocenters. The summed E-state index contributed by atoms with van der Waals surface area (Å²) in [6.07, 6.45) is 0. The van der Waals surface area contributed by atoms with Crippen LogP contribution in [0.3, 0.4) is 0 Å². The molecule has 0 bridgehead atoms. The van der Waals surface area contributed by atoms with Gasteiger partial charge < -0.3 is 9.15 Å². The highest BCUT2D eigenvalue weighted by Crippen LogP contribution is 2.31. The standard InChI is InChI=1S/C12H8Br2O3/c1-16-12(15)11-5-4-10(17-11)8-3-2-7(13)6-9(8)14/h2-6H,1H3. The highest BCUT2D eigenvalue weighted by molar-refractivity contribution is 9.11. The Balaban J connectivity index is 2.40. The Hall–Kier alpha value is -1.07. The topological polar surface area (TPSA) is 39.4 Å². The summed E-state index contributed by atoms with van der Waals surface area (Å²) < 4.78 is 11.9. The van der Waals surface area contributed by atoms with E-state index >= 15 is 0 Å². The van der Waals surface area contributed by atoms with Crippen molar-refractivity contribution >= 4 is 37.8 Å². The third-order valence-electron chi connectivity index (χ3n) is 2.19. The Labute approximate surface area is 115 Å². The lowest BCUT2D eigenvalue weighted by atomic mass is 10.2. The highest BCUT2D eigenvalue weighted by Gasteiger charge is 2.13.